The first-order chi connectivity index (χ1) is 15.6. The summed E-state index contributed by atoms with van der Waals surface area (Å²) in [6.45, 7) is 4.34. The third kappa shape index (κ3) is 5.00. The van der Waals surface area contributed by atoms with Gasteiger partial charge in [-0.05, 0) is 49.6 Å². The van der Waals surface area contributed by atoms with Crippen molar-refractivity contribution in [2.45, 2.75) is 36.7 Å². The fourth-order valence-corrected chi connectivity index (χ4v) is 5.12. The molecule has 1 atom stereocenters. The molecule has 3 aromatic rings. The first-order valence-corrected chi connectivity index (χ1v) is 12.1. The molecule has 1 aliphatic rings. The number of halogens is 1. The minimum atomic E-state index is 0.0456. The van der Waals surface area contributed by atoms with Gasteiger partial charge in [0, 0.05) is 37.1 Å². The summed E-state index contributed by atoms with van der Waals surface area (Å²) in [7, 11) is 1.69. The molecule has 0 saturated carbocycles. The largest absolute Gasteiger partial charge is 0.383 e. The molecule has 0 spiro atoms. The number of amides is 1. The summed E-state index contributed by atoms with van der Waals surface area (Å²) in [5.41, 5.74) is 2.72. The van der Waals surface area contributed by atoms with Crippen molar-refractivity contribution in [2.75, 3.05) is 26.8 Å². The summed E-state index contributed by atoms with van der Waals surface area (Å²) in [5.74, 6) is 1.58. The molecule has 4 rings (SSSR count). The van der Waals surface area contributed by atoms with Crippen molar-refractivity contribution in [3.8, 4) is 11.4 Å². The number of hydrogen-bond acceptors (Lipinski definition) is 5. The maximum absolute atomic E-state index is 12.6. The Labute approximate surface area is 197 Å². The Bertz CT molecular complexity index is 1060. The highest BCUT2D eigenvalue weighted by Crippen LogP contribution is 2.33. The van der Waals surface area contributed by atoms with E-state index in [-0.39, 0.29) is 11.9 Å². The van der Waals surface area contributed by atoms with Gasteiger partial charge in [0.2, 0.25) is 0 Å². The zero-order valence-corrected chi connectivity index (χ0v) is 19.9. The molecule has 0 bridgehead atoms. The molecule has 6 nitrogen and oxygen atoms in total. The van der Waals surface area contributed by atoms with Gasteiger partial charge in [0.1, 0.15) is 0 Å². The maximum Gasteiger partial charge on any atom is 0.253 e. The van der Waals surface area contributed by atoms with E-state index in [9.17, 15) is 4.79 Å². The van der Waals surface area contributed by atoms with Crippen LogP contribution in [-0.2, 0) is 10.5 Å². The van der Waals surface area contributed by atoms with Crippen molar-refractivity contribution in [1.29, 1.82) is 0 Å². The van der Waals surface area contributed by atoms with Crippen molar-refractivity contribution < 1.29 is 9.53 Å². The predicted octanol–water partition coefficient (Wildman–Crippen LogP) is 5.33. The molecule has 0 N–H and O–H groups in total. The van der Waals surface area contributed by atoms with E-state index in [1.54, 1.807) is 18.9 Å². The lowest BCUT2D eigenvalue weighted by molar-refractivity contribution is 0.0793. The van der Waals surface area contributed by atoms with E-state index in [1.807, 2.05) is 53.4 Å². The average Bonchev–Trinajstić information content (AvgIpc) is 3.48. The van der Waals surface area contributed by atoms with Crippen molar-refractivity contribution >= 4 is 29.3 Å². The summed E-state index contributed by atoms with van der Waals surface area (Å²) in [4.78, 5) is 14.5. The molecule has 0 aliphatic carbocycles. The monoisotopic (exact) mass is 470 g/mol. The zero-order chi connectivity index (χ0) is 22.5. The Morgan fingerprint density at radius 2 is 1.84 bits per heavy atom. The Hall–Kier alpha value is -2.35. The van der Waals surface area contributed by atoms with E-state index in [0.717, 1.165) is 59.4 Å². The minimum absolute atomic E-state index is 0.0456. The fraction of sp³-hybridized carbons (Fsp3) is 0.375. The van der Waals surface area contributed by atoms with Crippen LogP contribution in [0.4, 0.5) is 0 Å². The first-order valence-electron chi connectivity index (χ1n) is 10.8. The normalized spacial score (nSPS) is 14.7. The number of likely N-dealkylation sites (tertiary alicyclic amines) is 1. The third-order valence-electron chi connectivity index (χ3n) is 5.59. The van der Waals surface area contributed by atoms with E-state index in [4.69, 9.17) is 16.3 Å². The van der Waals surface area contributed by atoms with Gasteiger partial charge in [0.15, 0.2) is 11.0 Å². The van der Waals surface area contributed by atoms with Gasteiger partial charge in [-0.3, -0.25) is 9.36 Å². The highest BCUT2D eigenvalue weighted by Gasteiger charge is 2.21. The molecule has 32 heavy (non-hydrogen) atoms. The molecule has 1 fully saturated rings. The molecule has 8 heteroatoms. The number of hydrogen-bond donors (Lipinski definition) is 0. The molecule has 1 aromatic heterocycles. The third-order valence-corrected chi connectivity index (χ3v) is 6.93. The summed E-state index contributed by atoms with van der Waals surface area (Å²) in [5, 5.41) is 10.3. The van der Waals surface area contributed by atoms with Gasteiger partial charge in [-0.1, -0.05) is 47.6 Å². The second-order valence-electron chi connectivity index (χ2n) is 7.95. The maximum atomic E-state index is 12.6. The summed E-state index contributed by atoms with van der Waals surface area (Å²) >= 11 is 8.04. The van der Waals surface area contributed by atoms with Crippen LogP contribution in [0.2, 0.25) is 5.02 Å². The van der Waals surface area contributed by atoms with Gasteiger partial charge in [0.05, 0.1) is 17.7 Å². The highest BCUT2D eigenvalue weighted by molar-refractivity contribution is 7.98. The molecule has 2 aromatic carbocycles. The molecular formula is C24H27ClN4O2S. The quantitative estimate of drug-likeness (QED) is 0.416. The van der Waals surface area contributed by atoms with Crippen LogP contribution in [0.1, 0.15) is 41.7 Å². The highest BCUT2D eigenvalue weighted by atomic mass is 35.5. The minimum Gasteiger partial charge on any atom is -0.383 e. The van der Waals surface area contributed by atoms with Crippen LogP contribution in [0, 0.1) is 0 Å². The van der Waals surface area contributed by atoms with E-state index >= 15 is 0 Å². The predicted molar refractivity (Wildman–Crippen MR) is 128 cm³/mol. The number of carbonyl (C=O) groups excluding carboxylic acids is 1. The topological polar surface area (TPSA) is 60.2 Å². The summed E-state index contributed by atoms with van der Waals surface area (Å²) in [6, 6.07) is 15.6. The molecule has 168 valence electrons. The van der Waals surface area contributed by atoms with Gasteiger partial charge in [0.25, 0.3) is 5.91 Å². The Morgan fingerprint density at radius 1 is 1.12 bits per heavy atom. The second kappa shape index (κ2) is 10.5. The van der Waals surface area contributed by atoms with Gasteiger partial charge in [-0.25, -0.2) is 0 Å². The van der Waals surface area contributed by atoms with Crippen LogP contribution < -0.4 is 0 Å². The lowest BCUT2D eigenvalue weighted by atomic mass is 10.1. The number of benzene rings is 2. The number of rotatable bonds is 8. The number of ether oxygens (including phenoxy) is 1. The lowest BCUT2D eigenvalue weighted by Crippen LogP contribution is -2.27. The Balaban J connectivity index is 1.51. The molecule has 0 radical (unpaired) electrons. The van der Waals surface area contributed by atoms with E-state index in [2.05, 4.69) is 21.7 Å². The van der Waals surface area contributed by atoms with Crippen LogP contribution >= 0.6 is 23.4 Å². The molecule has 2 heterocycles. The molecule has 1 aliphatic heterocycles. The van der Waals surface area contributed by atoms with Crippen LogP contribution in [0.5, 0.6) is 0 Å². The van der Waals surface area contributed by atoms with Crippen LogP contribution in [0.15, 0.2) is 53.7 Å². The van der Waals surface area contributed by atoms with E-state index in [1.165, 1.54) is 0 Å². The fourth-order valence-electron chi connectivity index (χ4n) is 3.91. The molecule has 1 amide bonds. The molecule has 1 saturated heterocycles. The van der Waals surface area contributed by atoms with Crippen molar-refractivity contribution in [1.82, 2.24) is 19.7 Å². The summed E-state index contributed by atoms with van der Waals surface area (Å²) < 4.78 is 7.47. The van der Waals surface area contributed by atoms with Crippen molar-refractivity contribution in [2.24, 2.45) is 0 Å². The van der Waals surface area contributed by atoms with E-state index in [0.29, 0.717) is 11.6 Å². The average molecular weight is 471 g/mol. The van der Waals surface area contributed by atoms with E-state index < -0.39 is 0 Å². The number of methoxy groups -OCH3 is 1. The first kappa shape index (κ1) is 22.8. The number of thioether (sulfide) groups is 1. The smallest absolute Gasteiger partial charge is 0.253 e. The van der Waals surface area contributed by atoms with Gasteiger partial charge in [-0.15, -0.1) is 10.2 Å². The molecular weight excluding hydrogens is 444 g/mol. The zero-order valence-electron chi connectivity index (χ0n) is 18.3. The van der Waals surface area contributed by atoms with Crippen molar-refractivity contribution in [3.63, 3.8) is 0 Å². The molecule has 0 unspecified atom stereocenters. The van der Waals surface area contributed by atoms with Crippen LogP contribution in [0.3, 0.4) is 0 Å². The number of aromatic nitrogens is 3. The number of nitrogens with zero attached hydrogens (tertiary/aromatic N) is 4. The van der Waals surface area contributed by atoms with Crippen molar-refractivity contribution in [3.05, 3.63) is 64.7 Å². The van der Waals surface area contributed by atoms with Gasteiger partial charge in [-0.2, -0.15) is 0 Å². The van der Waals surface area contributed by atoms with Crippen LogP contribution in [0.25, 0.3) is 11.4 Å². The second-order valence-corrected chi connectivity index (χ2v) is 9.29. The van der Waals surface area contributed by atoms with Gasteiger partial charge >= 0.3 is 0 Å². The summed E-state index contributed by atoms with van der Waals surface area (Å²) in [6.07, 6.45) is 2.19. The van der Waals surface area contributed by atoms with Crippen LogP contribution in [-0.4, -0.2) is 52.4 Å². The van der Waals surface area contributed by atoms with Gasteiger partial charge < -0.3 is 9.64 Å². The standard InChI is InChI=1S/C24H27ClN4O2S/c1-17(15-31-2)29-22(20-7-3-4-8-21(20)25)26-27-24(29)32-16-18-9-11-19(12-10-18)23(30)28-13-5-6-14-28/h3-4,7-12,17H,5-6,13-16H2,1-2H3/t17-/m1/s1. The lowest BCUT2D eigenvalue weighted by Gasteiger charge is -2.18. The SMILES string of the molecule is COC[C@@H](C)n1c(SCc2ccc(C(=O)N3CCCC3)cc2)nnc1-c1ccccc1Cl. The Kier molecular flexibility index (Phi) is 7.50. The number of carbonyl (C=O) groups is 1. The Morgan fingerprint density at radius 3 is 2.53 bits per heavy atom.